The molecule has 0 heterocycles. The van der Waals surface area contributed by atoms with Crippen LogP contribution in [0.3, 0.4) is 0 Å². The number of ether oxygens (including phenoxy) is 1. The molecule has 0 aromatic carbocycles. The van der Waals surface area contributed by atoms with Crippen LogP contribution in [0.1, 0.15) is 213 Å². The van der Waals surface area contributed by atoms with Gasteiger partial charge in [0.15, 0.2) is 0 Å². The zero-order valence-electron chi connectivity index (χ0n) is 38.4. The predicted octanol–water partition coefficient (Wildman–Crippen LogP) is 14.4. The summed E-state index contributed by atoms with van der Waals surface area (Å²) in [7, 11) is 0. The summed E-state index contributed by atoms with van der Waals surface area (Å²) in [5.41, 5.74) is 0. The number of rotatable bonds is 42. The summed E-state index contributed by atoms with van der Waals surface area (Å²) in [4.78, 5) is 26.0. The average Bonchev–Trinajstić information content (AvgIpc) is 3.23. The highest BCUT2D eigenvalue weighted by atomic mass is 16.5. The number of aliphatic hydroxyl groups is 2. The second-order valence-corrected chi connectivity index (χ2v) is 16.2. The summed E-state index contributed by atoms with van der Waals surface area (Å²) in [5.74, 6) is -0.583. The van der Waals surface area contributed by atoms with E-state index in [4.69, 9.17) is 4.74 Å². The Morgan fingerprint density at radius 2 is 1.00 bits per heavy atom. The summed E-state index contributed by atoms with van der Waals surface area (Å²) in [5, 5.41) is 23.7. The third-order valence-electron chi connectivity index (χ3n) is 10.6. The third-order valence-corrected chi connectivity index (χ3v) is 10.6. The molecule has 0 aromatic rings. The number of aliphatic hydroxyl groups excluding tert-OH is 2. The highest BCUT2D eigenvalue weighted by Crippen LogP contribution is 2.17. The van der Waals surface area contributed by atoms with Gasteiger partial charge in [-0.3, -0.25) is 9.59 Å². The molecule has 0 radical (unpaired) electrons. The Hall–Kier alpha value is -2.96. The quantitative estimate of drug-likeness (QED) is 0.0247. The van der Waals surface area contributed by atoms with Crippen LogP contribution in [0.5, 0.6) is 0 Å². The SMILES string of the molecule is CC/C=C/C=C/C=C\C=C/C=C/CCCC(=O)OC(CCCCCCC/C=C/C/C=C/CC)CC(=O)NC(CO)C(O)CCCCCCCCCCCCCCCCC. The molecule has 0 saturated carbocycles. The zero-order chi connectivity index (χ0) is 43.1. The van der Waals surface area contributed by atoms with E-state index in [2.05, 4.69) is 56.5 Å². The summed E-state index contributed by atoms with van der Waals surface area (Å²) in [6.45, 7) is 6.20. The first-order chi connectivity index (χ1) is 29.0. The van der Waals surface area contributed by atoms with E-state index in [0.717, 1.165) is 83.5 Å². The number of carbonyl (C=O) groups is 2. The molecule has 3 unspecified atom stereocenters. The van der Waals surface area contributed by atoms with Crippen molar-refractivity contribution in [3.8, 4) is 0 Å². The van der Waals surface area contributed by atoms with Crippen molar-refractivity contribution in [1.29, 1.82) is 0 Å². The lowest BCUT2D eigenvalue weighted by atomic mass is 10.0. The molecular formula is C53H91NO5. The van der Waals surface area contributed by atoms with Crippen molar-refractivity contribution in [2.75, 3.05) is 6.61 Å². The minimum atomic E-state index is -0.807. The molecule has 1 amide bonds. The molecule has 338 valence electrons. The van der Waals surface area contributed by atoms with E-state index in [1.807, 2.05) is 54.7 Å². The van der Waals surface area contributed by atoms with Crippen LogP contribution >= 0.6 is 0 Å². The van der Waals surface area contributed by atoms with Gasteiger partial charge in [-0.2, -0.15) is 0 Å². The molecule has 0 aromatic heterocycles. The first-order valence-corrected chi connectivity index (χ1v) is 24.4. The standard InChI is InChI=1S/C53H91NO5/c1-4-7-10-13-16-19-22-25-26-28-30-33-36-39-42-45-51(56)50(48-55)54-52(57)47-49(44-41-38-35-32-29-24-21-18-15-12-9-6-3)59-53(58)46-43-40-37-34-31-27-23-20-17-14-11-8-5-2/h8-9,11-12,14,17-18,20-21,23,27,31,34,37,49-51,55-56H,4-7,10,13,15-16,19,22,24-26,28-30,32-33,35-36,38-48H2,1-3H3,(H,54,57)/b11-8+,12-9+,17-14+,21-18+,23-20-,31-27-,37-34+. The highest BCUT2D eigenvalue weighted by Gasteiger charge is 2.24. The molecule has 0 aliphatic heterocycles. The number of allylic oxidation sites excluding steroid dienone is 14. The average molecular weight is 822 g/mol. The smallest absolute Gasteiger partial charge is 0.306 e. The number of carbonyl (C=O) groups excluding carboxylic acids is 2. The van der Waals surface area contributed by atoms with E-state index < -0.39 is 18.2 Å². The van der Waals surface area contributed by atoms with Crippen LogP contribution in [-0.4, -0.2) is 46.9 Å². The fourth-order valence-electron chi connectivity index (χ4n) is 6.97. The van der Waals surface area contributed by atoms with Crippen molar-refractivity contribution in [2.45, 2.75) is 232 Å². The normalized spacial score (nSPS) is 14.1. The molecule has 0 bridgehead atoms. The van der Waals surface area contributed by atoms with Gasteiger partial charge in [-0.25, -0.2) is 0 Å². The van der Waals surface area contributed by atoms with Crippen LogP contribution < -0.4 is 5.32 Å². The van der Waals surface area contributed by atoms with Gasteiger partial charge in [0.25, 0.3) is 0 Å². The highest BCUT2D eigenvalue weighted by molar-refractivity contribution is 5.77. The largest absolute Gasteiger partial charge is 0.462 e. The molecule has 6 nitrogen and oxygen atoms in total. The van der Waals surface area contributed by atoms with Gasteiger partial charge < -0.3 is 20.3 Å². The van der Waals surface area contributed by atoms with Crippen LogP contribution in [0.15, 0.2) is 85.1 Å². The van der Waals surface area contributed by atoms with Crippen molar-refractivity contribution in [1.82, 2.24) is 5.32 Å². The Bertz CT molecular complexity index is 1150. The number of nitrogens with one attached hydrogen (secondary N) is 1. The Kier molecular flexibility index (Phi) is 43.8. The Balaban J connectivity index is 4.67. The van der Waals surface area contributed by atoms with E-state index >= 15 is 0 Å². The summed E-state index contributed by atoms with van der Waals surface area (Å²) >= 11 is 0. The first-order valence-electron chi connectivity index (χ1n) is 24.4. The molecule has 59 heavy (non-hydrogen) atoms. The minimum absolute atomic E-state index is 0.0352. The van der Waals surface area contributed by atoms with Crippen LogP contribution in [-0.2, 0) is 14.3 Å². The molecule has 0 aliphatic rings. The molecular weight excluding hydrogens is 731 g/mol. The van der Waals surface area contributed by atoms with Gasteiger partial charge in [0.2, 0.25) is 5.91 Å². The second kappa shape index (κ2) is 46.1. The topological polar surface area (TPSA) is 95.9 Å². The van der Waals surface area contributed by atoms with Gasteiger partial charge in [0.05, 0.1) is 25.2 Å². The number of hydrogen-bond donors (Lipinski definition) is 3. The van der Waals surface area contributed by atoms with E-state index in [9.17, 15) is 19.8 Å². The Morgan fingerprint density at radius 3 is 1.56 bits per heavy atom. The molecule has 6 heteroatoms. The van der Waals surface area contributed by atoms with Gasteiger partial charge in [-0.15, -0.1) is 0 Å². The van der Waals surface area contributed by atoms with E-state index in [-0.39, 0.29) is 24.9 Å². The maximum Gasteiger partial charge on any atom is 0.306 e. The Labute approximate surface area is 363 Å². The summed E-state index contributed by atoms with van der Waals surface area (Å²) < 4.78 is 5.87. The lowest BCUT2D eigenvalue weighted by Crippen LogP contribution is -2.46. The van der Waals surface area contributed by atoms with Gasteiger partial charge in [0, 0.05) is 6.42 Å². The third kappa shape index (κ3) is 41.6. The number of unbranched alkanes of at least 4 members (excludes halogenated alkanes) is 20. The summed E-state index contributed by atoms with van der Waals surface area (Å²) in [6.07, 6.45) is 59.3. The molecule has 0 fully saturated rings. The van der Waals surface area contributed by atoms with Gasteiger partial charge >= 0.3 is 5.97 Å². The monoisotopic (exact) mass is 822 g/mol. The molecule has 3 N–H and O–H groups in total. The fourth-order valence-corrected chi connectivity index (χ4v) is 6.97. The molecule has 0 spiro atoms. The lowest BCUT2D eigenvalue weighted by molar-refractivity contribution is -0.151. The number of amides is 1. The van der Waals surface area contributed by atoms with Gasteiger partial charge in [-0.05, 0) is 64.2 Å². The second-order valence-electron chi connectivity index (χ2n) is 16.2. The van der Waals surface area contributed by atoms with E-state index in [1.165, 1.54) is 77.0 Å². The van der Waals surface area contributed by atoms with Gasteiger partial charge in [-0.1, -0.05) is 221 Å². The first kappa shape index (κ1) is 56.0. The van der Waals surface area contributed by atoms with Crippen LogP contribution in [0.25, 0.3) is 0 Å². The van der Waals surface area contributed by atoms with Crippen molar-refractivity contribution in [2.24, 2.45) is 0 Å². The Morgan fingerprint density at radius 1 is 0.525 bits per heavy atom. The maximum absolute atomic E-state index is 13.2. The molecule has 3 atom stereocenters. The molecule has 0 rings (SSSR count). The van der Waals surface area contributed by atoms with Crippen LogP contribution in [0.4, 0.5) is 0 Å². The maximum atomic E-state index is 13.2. The van der Waals surface area contributed by atoms with E-state index in [1.54, 1.807) is 0 Å². The van der Waals surface area contributed by atoms with Crippen molar-refractivity contribution >= 4 is 11.9 Å². The van der Waals surface area contributed by atoms with Crippen molar-refractivity contribution in [3.05, 3.63) is 85.1 Å². The van der Waals surface area contributed by atoms with Crippen LogP contribution in [0.2, 0.25) is 0 Å². The molecule has 0 saturated heterocycles. The van der Waals surface area contributed by atoms with Gasteiger partial charge in [0.1, 0.15) is 6.10 Å². The lowest BCUT2D eigenvalue weighted by Gasteiger charge is -2.24. The zero-order valence-corrected chi connectivity index (χ0v) is 38.4. The van der Waals surface area contributed by atoms with E-state index in [0.29, 0.717) is 25.7 Å². The predicted molar refractivity (Wildman–Crippen MR) is 254 cm³/mol. The molecule has 0 aliphatic carbocycles. The fraction of sp³-hybridized carbons (Fsp3) is 0.698. The summed E-state index contributed by atoms with van der Waals surface area (Å²) in [6, 6.07) is -0.724. The van der Waals surface area contributed by atoms with Crippen molar-refractivity contribution in [3.63, 3.8) is 0 Å². The number of esters is 1. The van der Waals surface area contributed by atoms with Crippen molar-refractivity contribution < 1.29 is 24.5 Å². The van der Waals surface area contributed by atoms with Crippen LogP contribution in [0, 0.1) is 0 Å². The number of hydrogen-bond acceptors (Lipinski definition) is 5. The minimum Gasteiger partial charge on any atom is -0.462 e.